The van der Waals surface area contributed by atoms with Crippen LogP contribution in [0.5, 0.6) is 0 Å². The number of aromatic nitrogens is 2. The van der Waals surface area contributed by atoms with Crippen molar-refractivity contribution in [1.82, 2.24) is 14.7 Å². The average Bonchev–Trinajstić information content (AvgIpc) is 2.68. The molecular formula is C11H16ClF2N3O. The minimum atomic E-state index is -2.57. The highest BCUT2D eigenvalue weighted by molar-refractivity contribution is 6.18. The largest absolute Gasteiger partial charge is 0.330 e. The second-order valence-electron chi connectivity index (χ2n) is 3.83. The first-order valence-electron chi connectivity index (χ1n) is 5.65. The molecule has 18 heavy (non-hydrogen) atoms. The molecule has 7 heteroatoms. The van der Waals surface area contributed by atoms with Crippen molar-refractivity contribution in [2.75, 3.05) is 19.0 Å². The fourth-order valence-corrected chi connectivity index (χ4v) is 1.81. The van der Waals surface area contributed by atoms with Gasteiger partial charge < -0.3 is 4.90 Å². The first-order valence-corrected chi connectivity index (χ1v) is 6.19. The first kappa shape index (κ1) is 14.9. The minimum absolute atomic E-state index is 0.0946. The molecule has 1 heterocycles. The van der Waals surface area contributed by atoms with E-state index in [-0.39, 0.29) is 12.4 Å². The van der Waals surface area contributed by atoms with Crippen molar-refractivity contribution < 1.29 is 13.6 Å². The standard InChI is InChI=1S/C11H16ClF2N3O/c1-3-8-6-9(16(2)15-8)11(18)17(5-4-12)7-10(13)14/h6,10H,3-5,7H2,1-2H3. The van der Waals surface area contributed by atoms with Crippen LogP contribution in [0.15, 0.2) is 6.07 Å². The van der Waals surface area contributed by atoms with E-state index in [0.717, 1.165) is 10.6 Å². The molecule has 0 unspecified atom stereocenters. The fourth-order valence-electron chi connectivity index (χ4n) is 1.61. The van der Waals surface area contributed by atoms with E-state index in [1.807, 2.05) is 6.92 Å². The lowest BCUT2D eigenvalue weighted by atomic mass is 10.3. The van der Waals surface area contributed by atoms with E-state index >= 15 is 0 Å². The molecule has 1 aromatic heterocycles. The summed E-state index contributed by atoms with van der Waals surface area (Å²) in [6.45, 7) is 1.39. The van der Waals surface area contributed by atoms with E-state index in [0.29, 0.717) is 12.1 Å². The van der Waals surface area contributed by atoms with Crippen LogP contribution in [-0.2, 0) is 13.5 Å². The van der Waals surface area contributed by atoms with Gasteiger partial charge in [-0.1, -0.05) is 6.92 Å². The van der Waals surface area contributed by atoms with E-state index in [9.17, 15) is 13.6 Å². The van der Waals surface area contributed by atoms with Crippen LogP contribution in [0.25, 0.3) is 0 Å². The zero-order valence-corrected chi connectivity index (χ0v) is 11.1. The maximum atomic E-state index is 12.4. The molecule has 0 radical (unpaired) electrons. The van der Waals surface area contributed by atoms with Crippen molar-refractivity contribution in [3.05, 3.63) is 17.5 Å². The van der Waals surface area contributed by atoms with Gasteiger partial charge in [-0.3, -0.25) is 9.48 Å². The number of aryl methyl sites for hydroxylation is 2. The molecule has 0 saturated heterocycles. The Morgan fingerprint density at radius 2 is 2.28 bits per heavy atom. The van der Waals surface area contributed by atoms with Gasteiger partial charge in [0.25, 0.3) is 12.3 Å². The van der Waals surface area contributed by atoms with Crippen molar-refractivity contribution >= 4 is 17.5 Å². The summed E-state index contributed by atoms with van der Waals surface area (Å²) in [5.41, 5.74) is 1.06. The molecule has 0 bridgehead atoms. The molecule has 102 valence electrons. The Balaban J connectivity index is 2.90. The number of hydrogen-bond donors (Lipinski definition) is 0. The number of alkyl halides is 3. The molecule has 1 amide bonds. The van der Waals surface area contributed by atoms with Crippen LogP contribution in [0.1, 0.15) is 23.1 Å². The van der Waals surface area contributed by atoms with E-state index < -0.39 is 18.9 Å². The number of nitrogens with zero attached hydrogens (tertiary/aromatic N) is 3. The van der Waals surface area contributed by atoms with Gasteiger partial charge in [0.05, 0.1) is 12.2 Å². The first-order chi connectivity index (χ1) is 8.49. The Morgan fingerprint density at radius 3 is 2.72 bits per heavy atom. The third-order valence-electron chi connectivity index (χ3n) is 2.51. The molecule has 0 spiro atoms. The quantitative estimate of drug-likeness (QED) is 0.746. The van der Waals surface area contributed by atoms with Crippen LogP contribution in [-0.4, -0.2) is 46.0 Å². The number of carbonyl (C=O) groups is 1. The molecule has 0 aliphatic heterocycles. The Kier molecular flexibility index (Phi) is 5.53. The maximum Gasteiger partial charge on any atom is 0.272 e. The topological polar surface area (TPSA) is 38.1 Å². The molecule has 0 saturated carbocycles. The molecule has 0 aliphatic rings. The van der Waals surface area contributed by atoms with E-state index in [1.165, 1.54) is 4.68 Å². The number of amides is 1. The molecular weight excluding hydrogens is 264 g/mol. The fraction of sp³-hybridized carbons (Fsp3) is 0.636. The molecule has 0 N–H and O–H groups in total. The predicted octanol–water partition coefficient (Wildman–Crippen LogP) is 1.93. The summed E-state index contributed by atoms with van der Waals surface area (Å²) in [5, 5.41) is 4.12. The summed E-state index contributed by atoms with van der Waals surface area (Å²) in [7, 11) is 1.62. The van der Waals surface area contributed by atoms with Gasteiger partial charge in [0.15, 0.2) is 0 Å². The molecule has 0 aromatic carbocycles. The van der Waals surface area contributed by atoms with Gasteiger partial charge in [-0.2, -0.15) is 5.10 Å². The highest BCUT2D eigenvalue weighted by Crippen LogP contribution is 2.10. The van der Waals surface area contributed by atoms with Crippen molar-refractivity contribution in [1.29, 1.82) is 0 Å². The van der Waals surface area contributed by atoms with Crippen LogP contribution >= 0.6 is 11.6 Å². The van der Waals surface area contributed by atoms with Crippen LogP contribution in [0.2, 0.25) is 0 Å². The van der Waals surface area contributed by atoms with Gasteiger partial charge in [-0.15, -0.1) is 11.6 Å². The lowest BCUT2D eigenvalue weighted by Gasteiger charge is -2.20. The number of rotatable bonds is 6. The zero-order valence-electron chi connectivity index (χ0n) is 10.4. The maximum absolute atomic E-state index is 12.4. The Hall–Kier alpha value is -1.17. The molecule has 0 fully saturated rings. The van der Waals surface area contributed by atoms with Gasteiger partial charge in [-0.25, -0.2) is 8.78 Å². The highest BCUT2D eigenvalue weighted by atomic mass is 35.5. The summed E-state index contributed by atoms with van der Waals surface area (Å²) >= 11 is 5.52. The number of carbonyl (C=O) groups excluding carboxylic acids is 1. The predicted molar refractivity (Wildman–Crippen MR) is 65.2 cm³/mol. The Morgan fingerprint density at radius 1 is 1.61 bits per heavy atom. The van der Waals surface area contributed by atoms with E-state index in [4.69, 9.17) is 11.6 Å². The summed E-state index contributed by atoms with van der Waals surface area (Å²) in [4.78, 5) is 13.1. The summed E-state index contributed by atoms with van der Waals surface area (Å²) < 4.78 is 26.2. The average molecular weight is 280 g/mol. The van der Waals surface area contributed by atoms with Crippen molar-refractivity contribution in [3.8, 4) is 0 Å². The van der Waals surface area contributed by atoms with Gasteiger partial charge in [0.2, 0.25) is 0 Å². The molecule has 0 aliphatic carbocycles. The van der Waals surface area contributed by atoms with Crippen LogP contribution in [0.3, 0.4) is 0 Å². The summed E-state index contributed by atoms with van der Waals surface area (Å²) in [5.74, 6) is -0.345. The normalized spacial score (nSPS) is 11.0. The molecule has 0 atom stereocenters. The second-order valence-corrected chi connectivity index (χ2v) is 4.21. The summed E-state index contributed by atoms with van der Waals surface area (Å²) in [6, 6.07) is 1.62. The molecule has 1 rings (SSSR count). The van der Waals surface area contributed by atoms with Gasteiger partial charge in [-0.05, 0) is 12.5 Å². The Labute approximate surface area is 110 Å². The second kappa shape index (κ2) is 6.68. The van der Waals surface area contributed by atoms with E-state index in [1.54, 1.807) is 13.1 Å². The monoisotopic (exact) mass is 279 g/mol. The van der Waals surface area contributed by atoms with Crippen molar-refractivity contribution in [3.63, 3.8) is 0 Å². The SMILES string of the molecule is CCc1cc(C(=O)N(CCCl)CC(F)F)n(C)n1. The van der Waals surface area contributed by atoms with Gasteiger partial charge >= 0.3 is 0 Å². The van der Waals surface area contributed by atoms with Crippen molar-refractivity contribution in [2.24, 2.45) is 7.05 Å². The smallest absolute Gasteiger partial charge is 0.272 e. The number of hydrogen-bond acceptors (Lipinski definition) is 2. The van der Waals surface area contributed by atoms with Crippen LogP contribution in [0, 0.1) is 0 Å². The highest BCUT2D eigenvalue weighted by Gasteiger charge is 2.22. The van der Waals surface area contributed by atoms with E-state index in [2.05, 4.69) is 5.10 Å². The zero-order chi connectivity index (χ0) is 13.7. The molecule has 4 nitrogen and oxygen atoms in total. The van der Waals surface area contributed by atoms with Gasteiger partial charge in [0, 0.05) is 19.5 Å². The molecule has 1 aromatic rings. The van der Waals surface area contributed by atoms with Crippen LogP contribution in [0.4, 0.5) is 8.78 Å². The van der Waals surface area contributed by atoms with Gasteiger partial charge in [0.1, 0.15) is 5.69 Å². The third-order valence-corrected chi connectivity index (χ3v) is 2.68. The summed E-state index contributed by atoms with van der Waals surface area (Å²) in [6.07, 6.45) is -1.89. The minimum Gasteiger partial charge on any atom is -0.330 e. The van der Waals surface area contributed by atoms with Crippen molar-refractivity contribution in [2.45, 2.75) is 19.8 Å². The lowest BCUT2D eigenvalue weighted by Crippen LogP contribution is -2.37. The Bertz CT molecular complexity index is 409. The third kappa shape index (κ3) is 3.66. The lowest BCUT2D eigenvalue weighted by molar-refractivity contribution is 0.0561. The van der Waals surface area contributed by atoms with Crippen LogP contribution < -0.4 is 0 Å². The number of halogens is 3.